The van der Waals surface area contributed by atoms with Crippen LogP contribution in [0, 0.1) is 27.7 Å². The molecule has 0 radical (unpaired) electrons. The SMILES string of the molecule is Cc1cc2c(cc1C)C(CCC1=CCc3cc(C)c(C)cc31)=CC2. The maximum absolute atomic E-state index is 2.44. The number of hydrogen-bond donors (Lipinski definition) is 0. The predicted octanol–water partition coefficient (Wildman–Crippen LogP) is 6.28. The lowest BCUT2D eigenvalue weighted by atomic mass is 9.93. The summed E-state index contributed by atoms with van der Waals surface area (Å²) in [6.07, 6.45) is 9.43. The van der Waals surface area contributed by atoms with Gasteiger partial charge < -0.3 is 0 Å². The van der Waals surface area contributed by atoms with E-state index in [1.807, 2.05) is 0 Å². The first-order valence-corrected chi connectivity index (χ1v) is 9.12. The van der Waals surface area contributed by atoms with Gasteiger partial charge >= 0.3 is 0 Å². The van der Waals surface area contributed by atoms with Crippen LogP contribution >= 0.6 is 0 Å². The van der Waals surface area contributed by atoms with E-state index < -0.39 is 0 Å². The predicted molar refractivity (Wildman–Crippen MR) is 104 cm³/mol. The Kier molecular flexibility index (Phi) is 3.72. The van der Waals surface area contributed by atoms with E-state index >= 15 is 0 Å². The van der Waals surface area contributed by atoms with E-state index in [4.69, 9.17) is 0 Å². The second-order valence-corrected chi connectivity index (χ2v) is 7.55. The van der Waals surface area contributed by atoms with Gasteiger partial charge in [0, 0.05) is 0 Å². The van der Waals surface area contributed by atoms with Gasteiger partial charge in [0.25, 0.3) is 0 Å². The van der Waals surface area contributed by atoms with Gasteiger partial charge in [-0.05, 0) is 109 Å². The quantitative estimate of drug-likeness (QED) is 0.625. The van der Waals surface area contributed by atoms with E-state index in [-0.39, 0.29) is 0 Å². The summed E-state index contributed by atoms with van der Waals surface area (Å²) in [6, 6.07) is 9.55. The van der Waals surface area contributed by atoms with Crippen LogP contribution in [-0.4, -0.2) is 0 Å². The van der Waals surface area contributed by atoms with Crippen molar-refractivity contribution in [1.29, 1.82) is 0 Å². The molecule has 0 atom stereocenters. The molecule has 0 bridgehead atoms. The molecule has 0 N–H and O–H groups in total. The van der Waals surface area contributed by atoms with Crippen LogP contribution in [-0.2, 0) is 12.8 Å². The summed E-state index contributed by atoms with van der Waals surface area (Å²) in [6.45, 7) is 8.90. The van der Waals surface area contributed by atoms with Gasteiger partial charge in [-0.1, -0.05) is 36.4 Å². The van der Waals surface area contributed by atoms with Crippen LogP contribution in [0.2, 0.25) is 0 Å². The van der Waals surface area contributed by atoms with Crippen molar-refractivity contribution < 1.29 is 0 Å². The monoisotopic (exact) mass is 314 g/mol. The molecule has 0 aliphatic heterocycles. The number of rotatable bonds is 3. The molecule has 0 spiro atoms. The summed E-state index contributed by atoms with van der Waals surface area (Å²) in [7, 11) is 0. The Hall–Kier alpha value is -2.08. The van der Waals surface area contributed by atoms with E-state index in [1.165, 1.54) is 44.5 Å². The lowest BCUT2D eigenvalue weighted by molar-refractivity contribution is 1.09. The van der Waals surface area contributed by atoms with Crippen molar-refractivity contribution in [1.82, 2.24) is 0 Å². The van der Waals surface area contributed by atoms with Gasteiger partial charge in [-0.25, -0.2) is 0 Å². The third-order valence-electron chi connectivity index (χ3n) is 5.93. The number of fused-ring (bicyclic) bond motifs is 2. The molecule has 0 saturated carbocycles. The minimum absolute atomic E-state index is 1.11. The molecule has 0 aromatic heterocycles. The van der Waals surface area contributed by atoms with Gasteiger partial charge in [0.2, 0.25) is 0 Å². The zero-order valence-corrected chi connectivity index (χ0v) is 15.3. The second kappa shape index (κ2) is 5.77. The first kappa shape index (κ1) is 15.4. The largest absolute Gasteiger partial charge is 0.0763 e. The molecule has 0 unspecified atom stereocenters. The van der Waals surface area contributed by atoms with Crippen molar-refractivity contribution in [3.8, 4) is 0 Å². The Balaban J connectivity index is 1.53. The summed E-state index contributed by atoms with van der Waals surface area (Å²) in [4.78, 5) is 0. The van der Waals surface area contributed by atoms with Crippen molar-refractivity contribution in [3.05, 3.63) is 80.9 Å². The summed E-state index contributed by atoms with van der Waals surface area (Å²) in [5, 5.41) is 0. The fourth-order valence-electron chi connectivity index (χ4n) is 4.12. The van der Waals surface area contributed by atoms with Crippen LogP contribution in [0.15, 0.2) is 36.4 Å². The zero-order valence-electron chi connectivity index (χ0n) is 15.3. The molecule has 2 aromatic carbocycles. The third kappa shape index (κ3) is 2.55. The van der Waals surface area contributed by atoms with Gasteiger partial charge in [-0.15, -0.1) is 0 Å². The van der Waals surface area contributed by atoms with Crippen molar-refractivity contribution >= 4 is 11.1 Å². The average Bonchev–Trinajstić information content (AvgIpc) is 3.11. The highest BCUT2D eigenvalue weighted by atomic mass is 14.2. The van der Waals surface area contributed by atoms with Gasteiger partial charge in [0.1, 0.15) is 0 Å². The first-order chi connectivity index (χ1) is 11.5. The molecule has 122 valence electrons. The molecule has 2 aromatic rings. The van der Waals surface area contributed by atoms with E-state index in [1.54, 1.807) is 11.1 Å². The molecule has 0 heterocycles. The Morgan fingerprint density at radius 2 is 0.958 bits per heavy atom. The van der Waals surface area contributed by atoms with E-state index in [2.05, 4.69) is 64.1 Å². The van der Waals surface area contributed by atoms with Crippen LogP contribution in [0.3, 0.4) is 0 Å². The highest BCUT2D eigenvalue weighted by molar-refractivity contribution is 5.78. The molecule has 0 heteroatoms. The van der Waals surface area contributed by atoms with Crippen LogP contribution < -0.4 is 0 Å². The fraction of sp³-hybridized carbons (Fsp3) is 0.333. The Morgan fingerprint density at radius 3 is 1.38 bits per heavy atom. The highest BCUT2D eigenvalue weighted by Gasteiger charge is 2.19. The van der Waals surface area contributed by atoms with Crippen LogP contribution in [0.5, 0.6) is 0 Å². The average molecular weight is 314 g/mol. The standard InChI is InChI=1S/C24H26/c1-15-11-21-9-7-19(23(21)13-17(15)3)5-6-20-8-10-22-12-16(2)18(4)14-24(20)22/h7-8,11-14H,5-6,9-10H2,1-4H3. The number of aryl methyl sites for hydroxylation is 4. The van der Waals surface area contributed by atoms with E-state index in [0.717, 1.165) is 25.7 Å². The topological polar surface area (TPSA) is 0 Å². The smallest absolute Gasteiger partial charge is 0.00853 e. The minimum Gasteiger partial charge on any atom is -0.0763 e. The zero-order chi connectivity index (χ0) is 16.8. The Morgan fingerprint density at radius 1 is 0.583 bits per heavy atom. The molecular weight excluding hydrogens is 288 g/mol. The fourth-order valence-corrected chi connectivity index (χ4v) is 4.12. The normalized spacial score (nSPS) is 15.2. The number of benzene rings is 2. The summed E-state index contributed by atoms with van der Waals surface area (Å²) in [5.41, 5.74) is 14.8. The van der Waals surface area contributed by atoms with Crippen molar-refractivity contribution in [2.45, 2.75) is 53.4 Å². The van der Waals surface area contributed by atoms with Crippen LogP contribution in [0.1, 0.15) is 57.3 Å². The summed E-state index contributed by atoms with van der Waals surface area (Å²) >= 11 is 0. The van der Waals surface area contributed by atoms with Crippen LogP contribution in [0.25, 0.3) is 11.1 Å². The number of allylic oxidation sites excluding steroid dienone is 4. The molecule has 4 rings (SSSR count). The van der Waals surface area contributed by atoms with E-state index in [9.17, 15) is 0 Å². The third-order valence-corrected chi connectivity index (χ3v) is 5.93. The molecular formula is C24H26. The van der Waals surface area contributed by atoms with Crippen molar-refractivity contribution in [2.75, 3.05) is 0 Å². The van der Waals surface area contributed by atoms with Crippen molar-refractivity contribution in [3.63, 3.8) is 0 Å². The lowest BCUT2D eigenvalue weighted by Gasteiger charge is -2.12. The maximum atomic E-state index is 2.44. The molecule has 0 nitrogen and oxygen atoms in total. The molecule has 2 aliphatic carbocycles. The highest BCUT2D eigenvalue weighted by Crippen LogP contribution is 2.37. The minimum atomic E-state index is 1.11. The van der Waals surface area contributed by atoms with Gasteiger partial charge in [0.15, 0.2) is 0 Å². The van der Waals surface area contributed by atoms with E-state index in [0.29, 0.717) is 0 Å². The van der Waals surface area contributed by atoms with Gasteiger partial charge in [-0.2, -0.15) is 0 Å². The molecule has 0 fully saturated rings. The Labute approximate surface area is 145 Å². The summed E-state index contributed by atoms with van der Waals surface area (Å²) in [5.74, 6) is 0. The lowest BCUT2D eigenvalue weighted by Crippen LogP contribution is -1.92. The maximum Gasteiger partial charge on any atom is -0.00853 e. The van der Waals surface area contributed by atoms with Crippen molar-refractivity contribution in [2.24, 2.45) is 0 Å². The van der Waals surface area contributed by atoms with Gasteiger partial charge in [-0.3, -0.25) is 0 Å². The summed E-state index contributed by atoms with van der Waals surface area (Å²) < 4.78 is 0. The Bertz CT molecular complexity index is 815. The van der Waals surface area contributed by atoms with Gasteiger partial charge in [0.05, 0.1) is 0 Å². The molecule has 2 aliphatic rings. The molecule has 0 amide bonds. The molecule has 0 saturated heterocycles. The second-order valence-electron chi connectivity index (χ2n) is 7.55. The molecule has 24 heavy (non-hydrogen) atoms. The number of hydrogen-bond acceptors (Lipinski definition) is 0. The first-order valence-electron chi connectivity index (χ1n) is 9.12. The van der Waals surface area contributed by atoms with Crippen LogP contribution in [0.4, 0.5) is 0 Å².